The molecule has 3 nitrogen and oxygen atoms in total. The van der Waals surface area contributed by atoms with E-state index in [1.807, 2.05) is 51.1 Å². The third-order valence-corrected chi connectivity index (χ3v) is 4.02. The van der Waals surface area contributed by atoms with E-state index in [2.05, 4.69) is 10.1 Å². The van der Waals surface area contributed by atoms with Gasteiger partial charge in [-0.2, -0.15) is 8.78 Å². The molecule has 0 radical (unpaired) electrons. The van der Waals surface area contributed by atoms with E-state index < -0.39 is 12.0 Å². The van der Waals surface area contributed by atoms with Gasteiger partial charge in [0.2, 0.25) is 5.91 Å². The summed E-state index contributed by atoms with van der Waals surface area (Å²) in [5.41, 5.74) is 1.07. The van der Waals surface area contributed by atoms with Crippen molar-refractivity contribution in [2.45, 2.75) is 38.8 Å². The SMILES string of the molecule is C[C@H](NC(=O)C(C)(C)c1ccccc1)c1ccc(OC(F)F)cc1. The van der Waals surface area contributed by atoms with E-state index in [0.717, 1.165) is 11.1 Å². The number of carbonyl (C=O) groups is 1. The molecule has 0 unspecified atom stereocenters. The van der Waals surface area contributed by atoms with Crippen molar-refractivity contribution in [2.24, 2.45) is 0 Å². The van der Waals surface area contributed by atoms with Crippen LogP contribution in [0.15, 0.2) is 54.6 Å². The zero-order valence-corrected chi connectivity index (χ0v) is 13.9. The molecule has 0 aliphatic carbocycles. The molecule has 0 fully saturated rings. The van der Waals surface area contributed by atoms with Crippen LogP contribution in [0.3, 0.4) is 0 Å². The van der Waals surface area contributed by atoms with Gasteiger partial charge < -0.3 is 10.1 Å². The highest BCUT2D eigenvalue weighted by Crippen LogP contribution is 2.25. The second-order valence-corrected chi connectivity index (χ2v) is 6.13. The van der Waals surface area contributed by atoms with Crippen molar-refractivity contribution in [3.8, 4) is 5.75 Å². The number of rotatable bonds is 6. The van der Waals surface area contributed by atoms with Gasteiger partial charge in [-0.1, -0.05) is 42.5 Å². The Balaban J connectivity index is 2.06. The lowest BCUT2D eigenvalue weighted by molar-refractivity contribution is -0.126. The van der Waals surface area contributed by atoms with Gasteiger partial charge in [-0.05, 0) is 44.0 Å². The van der Waals surface area contributed by atoms with Crippen molar-refractivity contribution in [1.82, 2.24) is 5.32 Å². The Morgan fingerprint density at radius 1 is 1.04 bits per heavy atom. The van der Waals surface area contributed by atoms with Gasteiger partial charge in [-0.25, -0.2) is 0 Å². The first-order chi connectivity index (χ1) is 11.3. The number of ether oxygens (including phenoxy) is 1. The topological polar surface area (TPSA) is 38.3 Å². The van der Waals surface area contributed by atoms with Crippen LogP contribution in [0, 0.1) is 0 Å². The minimum atomic E-state index is -2.85. The Morgan fingerprint density at radius 2 is 1.62 bits per heavy atom. The molecular weight excluding hydrogens is 312 g/mol. The summed E-state index contributed by atoms with van der Waals surface area (Å²) in [6.07, 6.45) is 0. The monoisotopic (exact) mass is 333 g/mol. The van der Waals surface area contributed by atoms with Crippen LogP contribution in [-0.2, 0) is 10.2 Å². The van der Waals surface area contributed by atoms with E-state index >= 15 is 0 Å². The third kappa shape index (κ3) is 4.31. The Hall–Kier alpha value is -2.43. The lowest BCUT2D eigenvalue weighted by Crippen LogP contribution is -2.41. The minimum absolute atomic E-state index is 0.0943. The number of alkyl halides is 2. The Labute approximate surface area is 140 Å². The van der Waals surface area contributed by atoms with Gasteiger partial charge in [0, 0.05) is 0 Å². The molecule has 1 atom stereocenters. The normalized spacial score (nSPS) is 12.8. The molecule has 128 valence electrons. The van der Waals surface area contributed by atoms with Crippen LogP contribution in [0.4, 0.5) is 8.78 Å². The second-order valence-electron chi connectivity index (χ2n) is 6.13. The van der Waals surface area contributed by atoms with Crippen molar-refractivity contribution < 1.29 is 18.3 Å². The molecule has 0 saturated heterocycles. The molecule has 0 aliphatic rings. The molecule has 0 aliphatic heterocycles. The van der Waals surface area contributed by atoms with E-state index in [0.29, 0.717) is 0 Å². The fourth-order valence-corrected chi connectivity index (χ4v) is 2.38. The summed E-state index contributed by atoms with van der Waals surface area (Å²) in [5.74, 6) is -0.00833. The van der Waals surface area contributed by atoms with Gasteiger partial charge in [0.25, 0.3) is 0 Å². The number of hydrogen-bond acceptors (Lipinski definition) is 2. The fraction of sp³-hybridized carbons (Fsp3) is 0.316. The number of carbonyl (C=O) groups excluding carboxylic acids is 1. The van der Waals surface area contributed by atoms with E-state index in [4.69, 9.17) is 0 Å². The van der Waals surface area contributed by atoms with Crippen molar-refractivity contribution in [3.05, 3.63) is 65.7 Å². The minimum Gasteiger partial charge on any atom is -0.435 e. The molecule has 0 heterocycles. The summed E-state index contributed by atoms with van der Waals surface area (Å²) in [7, 11) is 0. The molecule has 0 bridgehead atoms. The molecular formula is C19H21F2NO2. The maximum absolute atomic E-state index is 12.6. The van der Waals surface area contributed by atoms with Crippen LogP contribution in [0.1, 0.15) is 37.9 Å². The molecule has 1 amide bonds. The summed E-state index contributed by atoms with van der Waals surface area (Å²) in [6.45, 7) is 2.73. The van der Waals surface area contributed by atoms with Crippen molar-refractivity contribution in [3.63, 3.8) is 0 Å². The fourth-order valence-electron chi connectivity index (χ4n) is 2.38. The summed E-state index contributed by atoms with van der Waals surface area (Å²) < 4.78 is 28.7. The van der Waals surface area contributed by atoms with Crippen LogP contribution in [0.5, 0.6) is 5.75 Å². The molecule has 0 saturated carbocycles. The molecule has 5 heteroatoms. The summed E-state index contributed by atoms with van der Waals surface area (Å²) in [5, 5.41) is 2.97. The maximum atomic E-state index is 12.6. The molecule has 0 spiro atoms. The molecule has 2 rings (SSSR count). The van der Waals surface area contributed by atoms with Gasteiger partial charge in [0.15, 0.2) is 0 Å². The van der Waals surface area contributed by atoms with Gasteiger partial charge in [-0.15, -0.1) is 0 Å². The van der Waals surface area contributed by atoms with E-state index in [1.165, 1.54) is 12.1 Å². The number of amides is 1. The van der Waals surface area contributed by atoms with E-state index in [-0.39, 0.29) is 17.7 Å². The Bertz CT molecular complexity index is 670. The highest BCUT2D eigenvalue weighted by molar-refractivity contribution is 5.87. The number of benzene rings is 2. The van der Waals surface area contributed by atoms with Crippen LogP contribution < -0.4 is 10.1 Å². The number of halogens is 2. The summed E-state index contributed by atoms with van der Waals surface area (Å²) in [6, 6.07) is 15.5. The Kier molecular flexibility index (Phi) is 5.54. The summed E-state index contributed by atoms with van der Waals surface area (Å²) >= 11 is 0. The van der Waals surface area contributed by atoms with Crippen molar-refractivity contribution in [2.75, 3.05) is 0 Å². The van der Waals surface area contributed by atoms with Gasteiger partial charge in [0.05, 0.1) is 11.5 Å². The molecule has 2 aromatic rings. The molecule has 1 N–H and O–H groups in total. The molecule has 24 heavy (non-hydrogen) atoms. The number of hydrogen-bond donors (Lipinski definition) is 1. The van der Waals surface area contributed by atoms with Crippen molar-refractivity contribution in [1.29, 1.82) is 0 Å². The van der Waals surface area contributed by atoms with Gasteiger partial charge in [0.1, 0.15) is 5.75 Å². The highest BCUT2D eigenvalue weighted by atomic mass is 19.3. The van der Waals surface area contributed by atoms with E-state index in [9.17, 15) is 13.6 Å². The second kappa shape index (κ2) is 7.43. The predicted octanol–water partition coefficient (Wildman–Crippen LogP) is 4.44. The van der Waals surface area contributed by atoms with Crippen LogP contribution in [-0.4, -0.2) is 12.5 Å². The lowest BCUT2D eigenvalue weighted by atomic mass is 9.83. The average molecular weight is 333 g/mol. The Morgan fingerprint density at radius 3 is 2.17 bits per heavy atom. The summed E-state index contributed by atoms with van der Waals surface area (Å²) in [4.78, 5) is 12.6. The lowest BCUT2D eigenvalue weighted by Gasteiger charge is -2.26. The molecule has 0 aromatic heterocycles. The van der Waals surface area contributed by atoms with Crippen LogP contribution in [0.2, 0.25) is 0 Å². The molecule has 2 aromatic carbocycles. The number of nitrogens with one attached hydrogen (secondary N) is 1. The average Bonchev–Trinajstić information content (AvgIpc) is 2.55. The zero-order chi connectivity index (χ0) is 17.7. The standard InChI is InChI=1S/C19H21F2NO2/c1-13(14-9-11-16(12-10-14)24-18(20)21)22-17(23)19(2,3)15-7-5-4-6-8-15/h4-13,18H,1-3H3,(H,22,23)/t13-/m0/s1. The first kappa shape index (κ1) is 17.9. The van der Waals surface area contributed by atoms with Gasteiger partial charge >= 0.3 is 6.61 Å². The smallest absolute Gasteiger partial charge is 0.387 e. The largest absolute Gasteiger partial charge is 0.435 e. The maximum Gasteiger partial charge on any atom is 0.387 e. The van der Waals surface area contributed by atoms with Crippen LogP contribution in [0.25, 0.3) is 0 Å². The first-order valence-corrected chi connectivity index (χ1v) is 7.72. The third-order valence-electron chi connectivity index (χ3n) is 4.02. The first-order valence-electron chi connectivity index (χ1n) is 7.72. The zero-order valence-electron chi connectivity index (χ0n) is 13.9. The van der Waals surface area contributed by atoms with Crippen molar-refractivity contribution >= 4 is 5.91 Å². The van der Waals surface area contributed by atoms with Crippen LogP contribution >= 0.6 is 0 Å². The van der Waals surface area contributed by atoms with E-state index in [1.54, 1.807) is 12.1 Å². The predicted molar refractivity (Wildman–Crippen MR) is 89.1 cm³/mol. The highest BCUT2D eigenvalue weighted by Gasteiger charge is 2.30. The van der Waals surface area contributed by atoms with Gasteiger partial charge in [-0.3, -0.25) is 4.79 Å². The quantitative estimate of drug-likeness (QED) is 0.848.